The molecule has 0 aliphatic carbocycles. The smallest absolute Gasteiger partial charge is 0.223 e. The van der Waals surface area contributed by atoms with Gasteiger partial charge in [-0.1, -0.05) is 13.8 Å². The number of rotatable bonds is 5. The number of aromatic nitrogens is 2. The van der Waals surface area contributed by atoms with Gasteiger partial charge in [-0.2, -0.15) is 0 Å². The molecule has 0 saturated carbocycles. The van der Waals surface area contributed by atoms with E-state index in [-0.39, 0.29) is 6.04 Å². The van der Waals surface area contributed by atoms with Crippen molar-refractivity contribution in [1.29, 1.82) is 0 Å². The van der Waals surface area contributed by atoms with Crippen LogP contribution in [0, 0.1) is 6.92 Å². The topological polar surface area (TPSA) is 51.0 Å². The van der Waals surface area contributed by atoms with Gasteiger partial charge in [0.15, 0.2) is 0 Å². The lowest BCUT2D eigenvalue weighted by molar-refractivity contribution is 0.497. The molecular weight excluding hydrogens is 238 g/mol. The van der Waals surface area contributed by atoms with E-state index in [4.69, 9.17) is 4.42 Å². The van der Waals surface area contributed by atoms with Crippen LogP contribution in [0.4, 0.5) is 5.95 Å². The second kappa shape index (κ2) is 5.87. The van der Waals surface area contributed by atoms with E-state index in [9.17, 15) is 0 Å². The van der Waals surface area contributed by atoms with Gasteiger partial charge in [-0.25, -0.2) is 9.97 Å². The molecular formula is C15H21N3O. The predicted octanol–water partition coefficient (Wildman–Crippen LogP) is 3.54. The van der Waals surface area contributed by atoms with Crippen LogP contribution in [-0.4, -0.2) is 16.0 Å². The Morgan fingerprint density at radius 2 is 2.05 bits per heavy atom. The van der Waals surface area contributed by atoms with Gasteiger partial charge < -0.3 is 9.73 Å². The van der Waals surface area contributed by atoms with E-state index in [2.05, 4.69) is 36.1 Å². The Morgan fingerprint density at radius 1 is 1.26 bits per heavy atom. The summed E-state index contributed by atoms with van der Waals surface area (Å²) in [6, 6.07) is 6.15. The van der Waals surface area contributed by atoms with E-state index < -0.39 is 0 Å². The highest BCUT2D eigenvalue weighted by Gasteiger charge is 2.10. The molecule has 0 aliphatic heterocycles. The van der Waals surface area contributed by atoms with Crippen molar-refractivity contribution in [3.8, 4) is 0 Å². The molecule has 19 heavy (non-hydrogen) atoms. The Bertz CT molecular complexity index is 520. The molecule has 2 heterocycles. The number of anilines is 1. The summed E-state index contributed by atoms with van der Waals surface area (Å²) in [5, 5.41) is 3.33. The lowest BCUT2D eigenvalue weighted by Gasteiger charge is -2.14. The monoisotopic (exact) mass is 259 g/mol. The number of nitrogens with zero attached hydrogens (tertiary/aromatic N) is 2. The first-order chi connectivity index (χ1) is 9.04. The summed E-state index contributed by atoms with van der Waals surface area (Å²) in [7, 11) is 0. The molecule has 2 aromatic rings. The van der Waals surface area contributed by atoms with Gasteiger partial charge >= 0.3 is 0 Å². The standard InChI is InChI=1S/C15H21N3O/c1-10(2)14-9-12(4)17-15(18-14)16-11(3)8-13-6-5-7-19-13/h5-7,9-11H,8H2,1-4H3,(H,16,17,18). The van der Waals surface area contributed by atoms with Crippen molar-refractivity contribution >= 4 is 5.95 Å². The zero-order chi connectivity index (χ0) is 13.8. The van der Waals surface area contributed by atoms with E-state index in [0.717, 1.165) is 23.6 Å². The second-order valence-electron chi connectivity index (χ2n) is 5.24. The largest absolute Gasteiger partial charge is 0.469 e. The Balaban J connectivity index is 2.05. The second-order valence-corrected chi connectivity index (χ2v) is 5.24. The quantitative estimate of drug-likeness (QED) is 0.892. The van der Waals surface area contributed by atoms with Crippen molar-refractivity contribution in [3.63, 3.8) is 0 Å². The molecule has 0 radical (unpaired) electrons. The molecule has 2 rings (SSSR count). The Morgan fingerprint density at radius 3 is 2.68 bits per heavy atom. The van der Waals surface area contributed by atoms with Crippen LogP contribution >= 0.6 is 0 Å². The van der Waals surface area contributed by atoms with Crippen LogP contribution in [0.25, 0.3) is 0 Å². The molecule has 0 fully saturated rings. The van der Waals surface area contributed by atoms with Gasteiger partial charge in [-0.05, 0) is 38.0 Å². The normalized spacial score (nSPS) is 12.7. The van der Waals surface area contributed by atoms with E-state index in [1.54, 1.807) is 6.26 Å². The molecule has 102 valence electrons. The zero-order valence-electron chi connectivity index (χ0n) is 12.0. The third-order valence-electron chi connectivity index (χ3n) is 2.93. The van der Waals surface area contributed by atoms with Gasteiger partial charge in [0.05, 0.1) is 6.26 Å². The SMILES string of the molecule is Cc1cc(C(C)C)nc(NC(C)Cc2ccco2)n1. The fourth-order valence-corrected chi connectivity index (χ4v) is 1.96. The summed E-state index contributed by atoms with van der Waals surface area (Å²) in [5.74, 6) is 2.07. The van der Waals surface area contributed by atoms with Crippen molar-refractivity contribution in [2.75, 3.05) is 5.32 Å². The van der Waals surface area contributed by atoms with Gasteiger partial charge in [0.1, 0.15) is 5.76 Å². The van der Waals surface area contributed by atoms with E-state index in [0.29, 0.717) is 11.9 Å². The van der Waals surface area contributed by atoms with Crippen molar-refractivity contribution in [1.82, 2.24) is 9.97 Å². The van der Waals surface area contributed by atoms with Crippen molar-refractivity contribution in [2.24, 2.45) is 0 Å². The average Bonchev–Trinajstić information content (AvgIpc) is 2.80. The molecule has 4 heteroatoms. The molecule has 0 aromatic carbocycles. The first kappa shape index (κ1) is 13.6. The number of hydrogen-bond acceptors (Lipinski definition) is 4. The molecule has 4 nitrogen and oxygen atoms in total. The van der Waals surface area contributed by atoms with Gasteiger partial charge in [0.25, 0.3) is 0 Å². The lowest BCUT2D eigenvalue weighted by atomic mass is 10.1. The first-order valence-corrected chi connectivity index (χ1v) is 6.69. The van der Waals surface area contributed by atoms with Crippen LogP contribution < -0.4 is 5.32 Å². The maximum atomic E-state index is 5.35. The molecule has 0 aliphatic rings. The van der Waals surface area contributed by atoms with E-state index in [1.807, 2.05) is 25.1 Å². The minimum Gasteiger partial charge on any atom is -0.469 e. The third kappa shape index (κ3) is 3.81. The van der Waals surface area contributed by atoms with Crippen LogP contribution in [-0.2, 0) is 6.42 Å². The molecule has 1 atom stereocenters. The molecule has 1 N–H and O–H groups in total. The minimum atomic E-state index is 0.230. The third-order valence-corrected chi connectivity index (χ3v) is 2.93. The van der Waals surface area contributed by atoms with E-state index in [1.165, 1.54) is 0 Å². The summed E-state index contributed by atoms with van der Waals surface area (Å²) in [4.78, 5) is 8.98. The van der Waals surface area contributed by atoms with Crippen molar-refractivity contribution < 1.29 is 4.42 Å². The zero-order valence-corrected chi connectivity index (χ0v) is 12.0. The molecule has 0 spiro atoms. The number of nitrogens with one attached hydrogen (secondary N) is 1. The van der Waals surface area contributed by atoms with Crippen molar-refractivity contribution in [2.45, 2.75) is 46.1 Å². The van der Waals surface area contributed by atoms with Gasteiger partial charge in [0, 0.05) is 23.9 Å². The molecule has 0 bridgehead atoms. The molecule has 1 unspecified atom stereocenters. The average molecular weight is 259 g/mol. The Labute approximate surface area is 114 Å². The Kier molecular flexibility index (Phi) is 4.20. The number of hydrogen-bond donors (Lipinski definition) is 1. The fourth-order valence-electron chi connectivity index (χ4n) is 1.96. The summed E-state index contributed by atoms with van der Waals surface area (Å²) < 4.78 is 5.35. The first-order valence-electron chi connectivity index (χ1n) is 6.69. The number of furan rings is 1. The highest BCUT2D eigenvalue weighted by Crippen LogP contribution is 2.15. The Hall–Kier alpha value is -1.84. The van der Waals surface area contributed by atoms with Crippen LogP contribution in [0.15, 0.2) is 28.9 Å². The van der Waals surface area contributed by atoms with Gasteiger partial charge in [0.2, 0.25) is 5.95 Å². The maximum absolute atomic E-state index is 5.35. The van der Waals surface area contributed by atoms with E-state index >= 15 is 0 Å². The van der Waals surface area contributed by atoms with Crippen LogP contribution in [0.5, 0.6) is 0 Å². The number of aryl methyl sites for hydroxylation is 1. The van der Waals surface area contributed by atoms with Crippen LogP contribution in [0.2, 0.25) is 0 Å². The lowest BCUT2D eigenvalue weighted by Crippen LogP contribution is -2.20. The minimum absolute atomic E-state index is 0.230. The highest BCUT2D eigenvalue weighted by atomic mass is 16.3. The summed E-state index contributed by atoms with van der Waals surface area (Å²) in [5.41, 5.74) is 2.06. The molecule has 2 aromatic heterocycles. The van der Waals surface area contributed by atoms with Crippen molar-refractivity contribution in [3.05, 3.63) is 41.6 Å². The van der Waals surface area contributed by atoms with Crippen LogP contribution in [0.1, 0.15) is 43.8 Å². The summed E-state index contributed by atoms with van der Waals surface area (Å²) >= 11 is 0. The fraction of sp³-hybridized carbons (Fsp3) is 0.467. The van der Waals surface area contributed by atoms with Gasteiger partial charge in [-0.3, -0.25) is 0 Å². The predicted molar refractivity (Wildman–Crippen MR) is 76.4 cm³/mol. The molecule has 0 amide bonds. The maximum Gasteiger partial charge on any atom is 0.223 e. The highest BCUT2D eigenvalue weighted by molar-refractivity contribution is 5.30. The summed E-state index contributed by atoms with van der Waals surface area (Å²) in [6.45, 7) is 8.37. The van der Waals surface area contributed by atoms with Gasteiger partial charge in [-0.15, -0.1) is 0 Å². The molecule has 0 saturated heterocycles. The van der Waals surface area contributed by atoms with Crippen LogP contribution in [0.3, 0.4) is 0 Å². The summed E-state index contributed by atoms with van der Waals surface area (Å²) in [6.07, 6.45) is 2.52.